The average Bonchev–Trinajstić information content (AvgIpc) is 3.24. The summed E-state index contributed by atoms with van der Waals surface area (Å²) in [5, 5.41) is 10.6. The van der Waals surface area contributed by atoms with Gasteiger partial charge in [0, 0.05) is 23.4 Å². The lowest BCUT2D eigenvalue weighted by Gasteiger charge is -2.07. The number of hydrogen-bond acceptors (Lipinski definition) is 5. The maximum Gasteiger partial charge on any atom is 0.231 e. The minimum atomic E-state index is -0.121. The second-order valence-electron chi connectivity index (χ2n) is 4.95. The van der Waals surface area contributed by atoms with Gasteiger partial charge < -0.3 is 9.26 Å². The van der Waals surface area contributed by atoms with Gasteiger partial charge in [-0.05, 0) is 29.5 Å². The summed E-state index contributed by atoms with van der Waals surface area (Å²) in [6.07, 6.45) is 0.941. The van der Waals surface area contributed by atoms with E-state index in [1.54, 1.807) is 24.5 Å². The first-order valence-electron chi connectivity index (χ1n) is 7.17. The smallest absolute Gasteiger partial charge is 0.231 e. The molecular formula is C17H16N2O3S. The average molecular weight is 328 g/mol. The number of aromatic nitrogens is 1. The number of aryl methyl sites for hydroxylation is 1. The molecule has 1 aromatic carbocycles. The van der Waals surface area contributed by atoms with Crippen molar-refractivity contribution in [2.75, 3.05) is 12.4 Å². The Morgan fingerprint density at radius 3 is 3.00 bits per heavy atom. The van der Waals surface area contributed by atoms with Gasteiger partial charge in [-0.1, -0.05) is 23.4 Å². The Morgan fingerprint density at radius 2 is 2.22 bits per heavy atom. The van der Waals surface area contributed by atoms with E-state index in [4.69, 9.17) is 9.26 Å². The largest absolute Gasteiger partial charge is 0.496 e. The topological polar surface area (TPSA) is 64.4 Å². The number of benzene rings is 1. The quantitative estimate of drug-likeness (QED) is 0.743. The Bertz CT molecular complexity index is 781. The molecule has 0 saturated carbocycles. The molecule has 0 saturated heterocycles. The van der Waals surface area contributed by atoms with E-state index < -0.39 is 0 Å². The number of anilines is 1. The van der Waals surface area contributed by atoms with Gasteiger partial charge in [-0.25, -0.2) is 0 Å². The van der Waals surface area contributed by atoms with Crippen molar-refractivity contribution in [3.8, 4) is 17.0 Å². The van der Waals surface area contributed by atoms with Gasteiger partial charge in [0.2, 0.25) is 11.8 Å². The summed E-state index contributed by atoms with van der Waals surface area (Å²) in [4.78, 5) is 12.0. The van der Waals surface area contributed by atoms with Gasteiger partial charge in [-0.2, -0.15) is 11.3 Å². The number of nitrogens with one attached hydrogen (secondary N) is 1. The Kier molecular flexibility index (Phi) is 4.73. The Labute approximate surface area is 137 Å². The molecule has 0 aliphatic rings. The van der Waals surface area contributed by atoms with Crippen LogP contribution in [0.4, 0.5) is 5.88 Å². The Hall–Kier alpha value is -2.60. The fourth-order valence-electron chi connectivity index (χ4n) is 2.24. The number of methoxy groups -OCH3 is 1. The lowest BCUT2D eigenvalue weighted by Crippen LogP contribution is -2.12. The molecule has 0 unspecified atom stereocenters. The van der Waals surface area contributed by atoms with E-state index in [0.29, 0.717) is 24.4 Å². The fraction of sp³-hybridized carbons (Fsp3) is 0.176. The number of amides is 1. The monoisotopic (exact) mass is 328 g/mol. The maximum absolute atomic E-state index is 12.0. The van der Waals surface area contributed by atoms with Crippen molar-refractivity contribution in [3.05, 3.63) is 52.7 Å². The summed E-state index contributed by atoms with van der Waals surface area (Å²) < 4.78 is 10.4. The lowest BCUT2D eigenvalue weighted by atomic mass is 10.1. The molecule has 2 heterocycles. The highest BCUT2D eigenvalue weighted by Gasteiger charge is 2.11. The van der Waals surface area contributed by atoms with E-state index in [1.165, 1.54) is 0 Å². The van der Waals surface area contributed by atoms with Crippen LogP contribution >= 0.6 is 11.3 Å². The van der Waals surface area contributed by atoms with Crippen molar-refractivity contribution in [1.29, 1.82) is 0 Å². The second-order valence-corrected chi connectivity index (χ2v) is 5.73. The van der Waals surface area contributed by atoms with Crippen molar-refractivity contribution in [2.24, 2.45) is 0 Å². The molecule has 0 spiro atoms. The Morgan fingerprint density at radius 1 is 1.35 bits per heavy atom. The van der Waals surface area contributed by atoms with Crippen molar-refractivity contribution < 1.29 is 14.1 Å². The van der Waals surface area contributed by atoms with Crippen LogP contribution in [0.3, 0.4) is 0 Å². The lowest BCUT2D eigenvalue weighted by molar-refractivity contribution is -0.116. The van der Waals surface area contributed by atoms with Gasteiger partial charge in [0.05, 0.1) is 7.11 Å². The molecule has 3 aromatic rings. The molecule has 118 valence electrons. The molecule has 0 aliphatic heterocycles. The van der Waals surface area contributed by atoms with E-state index in [9.17, 15) is 4.79 Å². The van der Waals surface area contributed by atoms with Crippen LogP contribution in [0.25, 0.3) is 11.3 Å². The zero-order valence-corrected chi connectivity index (χ0v) is 13.4. The van der Waals surface area contributed by atoms with Gasteiger partial charge >= 0.3 is 0 Å². The van der Waals surface area contributed by atoms with Gasteiger partial charge in [-0.3, -0.25) is 10.1 Å². The minimum Gasteiger partial charge on any atom is -0.496 e. The molecule has 0 radical (unpaired) electrons. The molecule has 1 amide bonds. The van der Waals surface area contributed by atoms with Gasteiger partial charge in [-0.15, -0.1) is 0 Å². The molecule has 0 aliphatic carbocycles. The van der Waals surface area contributed by atoms with Crippen LogP contribution in [0.15, 0.2) is 51.7 Å². The van der Waals surface area contributed by atoms with Crippen LogP contribution in [0, 0.1) is 0 Å². The van der Waals surface area contributed by atoms with E-state index in [1.807, 2.05) is 41.1 Å². The standard InChI is InChI=1S/C17H16N2O3S/c1-21-15-5-3-2-4-12(15)6-7-16(20)18-17-10-14(19-22-17)13-8-9-23-11-13/h2-5,8-11H,6-7H2,1H3,(H,18,20). The Balaban J connectivity index is 1.57. The number of ether oxygens (including phenoxy) is 1. The fourth-order valence-corrected chi connectivity index (χ4v) is 2.89. The molecule has 1 N–H and O–H groups in total. The van der Waals surface area contributed by atoms with Gasteiger partial charge in [0.1, 0.15) is 11.4 Å². The first-order chi connectivity index (χ1) is 11.3. The zero-order valence-electron chi connectivity index (χ0n) is 12.6. The first kappa shape index (κ1) is 15.3. The third kappa shape index (κ3) is 3.78. The van der Waals surface area contributed by atoms with Crippen LogP contribution in [0.5, 0.6) is 5.75 Å². The molecular weight excluding hydrogens is 312 g/mol. The SMILES string of the molecule is COc1ccccc1CCC(=O)Nc1cc(-c2ccsc2)no1. The normalized spacial score (nSPS) is 10.5. The van der Waals surface area contributed by atoms with Crippen LogP contribution in [0.2, 0.25) is 0 Å². The van der Waals surface area contributed by atoms with Crippen LogP contribution in [-0.4, -0.2) is 18.2 Å². The highest BCUT2D eigenvalue weighted by molar-refractivity contribution is 7.08. The molecule has 3 rings (SSSR count). The number of para-hydroxylation sites is 1. The molecule has 23 heavy (non-hydrogen) atoms. The molecule has 0 bridgehead atoms. The van der Waals surface area contributed by atoms with E-state index in [-0.39, 0.29) is 5.91 Å². The summed E-state index contributed by atoms with van der Waals surface area (Å²) in [6, 6.07) is 11.4. The molecule has 2 aromatic heterocycles. The first-order valence-corrected chi connectivity index (χ1v) is 8.11. The number of nitrogens with zero attached hydrogens (tertiary/aromatic N) is 1. The molecule has 0 fully saturated rings. The summed E-state index contributed by atoms with van der Waals surface area (Å²) >= 11 is 1.59. The summed E-state index contributed by atoms with van der Waals surface area (Å²) in [5.74, 6) is 1.03. The van der Waals surface area contributed by atoms with E-state index in [2.05, 4.69) is 10.5 Å². The number of carbonyl (C=O) groups excluding carboxylic acids is 1. The third-order valence-corrected chi connectivity index (χ3v) is 4.09. The number of hydrogen-bond donors (Lipinski definition) is 1. The molecule has 5 nitrogen and oxygen atoms in total. The highest BCUT2D eigenvalue weighted by Crippen LogP contribution is 2.24. The number of carbonyl (C=O) groups is 1. The third-order valence-electron chi connectivity index (χ3n) is 3.40. The summed E-state index contributed by atoms with van der Waals surface area (Å²) in [6.45, 7) is 0. The van der Waals surface area contributed by atoms with Crippen LogP contribution in [0.1, 0.15) is 12.0 Å². The van der Waals surface area contributed by atoms with Crippen LogP contribution in [-0.2, 0) is 11.2 Å². The van der Waals surface area contributed by atoms with Crippen molar-refractivity contribution in [1.82, 2.24) is 5.16 Å². The highest BCUT2D eigenvalue weighted by atomic mass is 32.1. The molecule has 0 atom stereocenters. The summed E-state index contributed by atoms with van der Waals surface area (Å²) in [7, 11) is 1.62. The number of thiophene rings is 1. The van der Waals surface area contributed by atoms with E-state index in [0.717, 1.165) is 16.9 Å². The minimum absolute atomic E-state index is 0.121. The zero-order chi connectivity index (χ0) is 16.1. The van der Waals surface area contributed by atoms with Crippen molar-refractivity contribution >= 4 is 23.1 Å². The van der Waals surface area contributed by atoms with Gasteiger partial charge in [0.25, 0.3) is 0 Å². The predicted molar refractivity (Wildman–Crippen MR) is 89.8 cm³/mol. The molecule has 6 heteroatoms. The maximum atomic E-state index is 12.0. The van der Waals surface area contributed by atoms with E-state index >= 15 is 0 Å². The van der Waals surface area contributed by atoms with Crippen molar-refractivity contribution in [2.45, 2.75) is 12.8 Å². The van der Waals surface area contributed by atoms with Crippen molar-refractivity contribution in [3.63, 3.8) is 0 Å². The van der Waals surface area contributed by atoms with Gasteiger partial charge in [0.15, 0.2) is 0 Å². The number of rotatable bonds is 6. The predicted octanol–water partition coefficient (Wildman–Crippen LogP) is 3.98. The van der Waals surface area contributed by atoms with Crippen LogP contribution < -0.4 is 10.1 Å². The second kappa shape index (κ2) is 7.11. The summed E-state index contributed by atoms with van der Waals surface area (Å²) in [5.41, 5.74) is 2.70.